The summed E-state index contributed by atoms with van der Waals surface area (Å²) in [7, 11) is 1.81. The summed E-state index contributed by atoms with van der Waals surface area (Å²) in [5.41, 5.74) is 2.71. The predicted octanol–water partition coefficient (Wildman–Crippen LogP) is 0.479. The number of hydrogen-bond donors (Lipinski definition) is 1. The van der Waals surface area contributed by atoms with Crippen LogP contribution in [0.2, 0.25) is 0 Å². The van der Waals surface area contributed by atoms with E-state index >= 15 is 0 Å². The van der Waals surface area contributed by atoms with Crippen molar-refractivity contribution >= 4 is 0 Å². The van der Waals surface area contributed by atoms with Crippen LogP contribution in [-0.2, 0) is 4.84 Å². The molecule has 1 rings (SSSR count). The van der Waals surface area contributed by atoms with Crippen LogP contribution in [-0.4, -0.2) is 38.2 Å². The first-order valence-corrected chi connectivity index (χ1v) is 4.37. The molecule has 0 saturated carbocycles. The molecule has 0 amide bonds. The van der Waals surface area contributed by atoms with E-state index in [2.05, 4.69) is 17.3 Å². The second kappa shape index (κ2) is 4.70. The van der Waals surface area contributed by atoms with Crippen LogP contribution in [0.3, 0.4) is 0 Å². The topological polar surface area (TPSA) is 24.5 Å². The van der Waals surface area contributed by atoms with Gasteiger partial charge in [-0.05, 0) is 25.4 Å². The number of nitrogens with zero attached hydrogens (tertiary/aromatic N) is 1. The Morgan fingerprint density at radius 3 is 3.00 bits per heavy atom. The average molecular weight is 158 g/mol. The van der Waals surface area contributed by atoms with E-state index in [0.29, 0.717) is 0 Å². The lowest BCUT2D eigenvalue weighted by molar-refractivity contribution is 0.0336. The molecule has 1 aliphatic heterocycles. The van der Waals surface area contributed by atoms with Gasteiger partial charge in [-0.2, -0.15) is 0 Å². The van der Waals surface area contributed by atoms with Crippen molar-refractivity contribution in [2.45, 2.75) is 13.3 Å². The maximum atomic E-state index is 5.13. The molecule has 1 N–H and O–H groups in total. The van der Waals surface area contributed by atoms with Gasteiger partial charge in [0.25, 0.3) is 0 Å². The first-order chi connectivity index (χ1) is 5.36. The molecular weight excluding hydrogens is 140 g/mol. The molecule has 0 aromatic carbocycles. The highest BCUT2D eigenvalue weighted by Gasteiger charge is 2.20. The summed E-state index contributed by atoms with van der Waals surface area (Å²) in [5.74, 6) is 0.738. The fourth-order valence-corrected chi connectivity index (χ4v) is 1.54. The maximum Gasteiger partial charge on any atom is 0.0722 e. The smallest absolute Gasteiger partial charge is 0.0722 e. The zero-order valence-corrected chi connectivity index (χ0v) is 7.47. The highest BCUT2D eigenvalue weighted by atomic mass is 16.6. The number of hydroxylamine groups is 1. The van der Waals surface area contributed by atoms with Gasteiger partial charge in [-0.15, -0.1) is 0 Å². The van der Waals surface area contributed by atoms with Gasteiger partial charge >= 0.3 is 0 Å². The second-order valence-electron chi connectivity index (χ2n) is 3.06. The summed E-state index contributed by atoms with van der Waals surface area (Å²) < 4.78 is 0. The molecule has 1 fully saturated rings. The van der Waals surface area contributed by atoms with E-state index in [4.69, 9.17) is 4.84 Å². The fourth-order valence-electron chi connectivity index (χ4n) is 1.54. The highest BCUT2D eigenvalue weighted by molar-refractivity contribution is 4.73. The Morgan fingerprint density at radius 1 is 1.64 bits per heavy atom. The van der Waals surface area contributed by atoms with Crippen molar-refractivity contribution in [3.63, 3.8) is 0 Å². The van der Waals surface area contributed by atoms with E-state index in [9.17, 15) is 0 Å². The van der Waals surface area contributed by atoms with E-state index in [0.717, 1.165) is 12.5 Å². The summed E-state index contributed by atoms with van der Waals surface area (Å²) in [6.07, 6.45) is 1.29. The van der Waals surface area contributed by atoms with Crippen LogP contribution in [0.1, 0.15) is 13.3 Å². The van der Waals surface area contributed by atoms with Gasteiger partial charge in [-0.25, -0.2) is 5.48 Å². The van der Waals surface area contributed by atoms with E-state index in [1.165, 1.54) is 26.1 Å². The Kier molecular flexibility index (Phi) is 3.83. The summed E-state index contributed by atoms with van der Waals surface area (Å²) in [5, 5.41) is 0. The Hall–Kier alpha value is -0.120. The SMILES string of the molecule is CCN1CCC(CONC)C1. The van der Waals surface area contributed by atoms with Crippen molar-refractivity contribution in [2.24, 2.45) is 5.92 Å². The lowest BCUT2D eigenvalue weighted by Gasteiger charge is -2.12. The normalized spacial score (nSPS) is 26.2. The van der Waals surface area contributed by atoms with Crippen molar-refractivity contribution in [3.8, 4) is 0 Å². The van der Waals surface area contributed by atoms with Crippen LogP contribution in [0.25, 0.3) is 0 Å². The van der Waals surface area contributed by atoms with Crippen molar-refractivity contribution in [1.29, 1.82) is 0 Å². The third-order valence-corrected chi connectivity index (χ3v) is 2.28. The van der Waals surface area contributed by atoms with Crippen LogP contribution in [0.15, 0.2) is 0 Å². The minimum Gasteiger partial charge on any atom is -0.303 e. The molecule has 11 heavy (non-hydrogen) atoms. The molecule has 66 valence electrons. The molecule has 0 radical (unpaired) electrons. The summed E-state index contributed by atoms with van der Waals surface area (Å²) in [6.45, 7) is 6.69. The van der Waals surface area contributed by atoms with E-state index in [1.54, 1.807) is 0 Å². The van der Waals surface area contributed by atoms with Crippen LogP contribution >= 0.6 is 0 Å². The molecule has 1 atom stereocenters. The second-order valence-corrected chi connectivity index (χ2v) is 3.06. The summed E-state index contributed by atoms with van der Waals surface area (Å²) in [4.78, 5) is 7.60. The van der Waals surface area contributed by atoms with Gasteiger partial charge in [0.2, 0.25) is 0 Å². The van der Waals surface area contributed by atoms with Gasteiger partial charge in [-0.1, -0.05) is 6.92 Å². The quantitative estimate of drug-likeness (QED) is 0.602. The third-order valence-electron chi connectivity index (χ3n) is 2.28. The molecule has 1 unspecified atom stereocenters. The number of rotatable bonds is 4. The minimum absolute atomic E-state index is 0.738. The van der Waals surface area contributed by atoms with Gasteiger partial charge in [0, 0.05) is 13.6 Å². The fraction of sp³-hybridized carbons (Fsp3) is 1.00. The molecule has 3 nitrogen and oxygen atoms in total. The molecule has 0 aromatic rings. The summed E-state index contributed by atoms with van der Waals surface area (Å²) >= 11 is 0. The molecular formula is C8H18N2O. The summed E-state index contributed by atoms with van der Waals surface area (Å²) in [6, 6.07) is 0. The van der Waals surface area contributed by atoms with Crippen LogP contribution in [0, 0.1) is 5.92 Å². The van der Waals surface area contributed by atoms with Crippen LogP contribution in [0.4, 0.5) is 0 Å². The average Bonchev–Trinajstić information content (AvgIpc) is 2.48. The first kappa shape index (κ1) is 8.97. The van der Waals surface area contributed by atoms with Crippen molar-refractivity contribution < 1.29 is 4.84 Å². The van der Waals surface area contributed by atoms with Crippen LogP contribution < -0.4 is 5.48 Å². The molecule has 0 aliphatic carbocycles. The molecule has 0 bridgehead atoms. The maximum absolute atomic E-state index is 5.13. The zero-order chi connectivity index (χ0) is 8.10. The number of likely N-dealkylation sites (tertiary alicyclic amines) is 1. The monoisotopic (exact) mass is 158 g/mol. The van der Waals surface area contributed by atoms with Gasteiger partial charge in [0.1, 0.15) is 0 Å². The molecule has 1 heterocycles. The number of nitrogens with one attached hydrogen (secondary N) is 1. The van der Waals surface area contributed by atoms with Gasteiger partial charge in [0.15, 0.2) is 0 Å². The standard InChI is InChI=1S/C8H18N2O/c1-3-10-5-4-8(6-10)7-11-9-2/h8-9H,3-7H2,1-2H3. The Morgan fingerprint density at radius 2 is 2.45 bits per heavy atom. The first-order valence-electron chi connectivity index (χ1n) is 4.37. The molecule has 0 spiro atoms. The lowest BCUT2D eigenvalue weighted by Crippen LogP contribution is -2.22. The third kappa shape index (κ3) is 2.77. The van der Waals surface area contributed by atoms with E-state index < -0.39 is 0 Å². The zero-order valence-electron chi connectivity index (χ0n) is 7.47. The van der Waals surface area contributed by atoms with Crippen LogP contribution in [0.5, 0.6) is 0 Å². The van der Waals surface area contributed by atoms with Gasteiger partial charge < -0.3 is 9.74 Å². The molecule has 0 aromatic heterocycles. The molecule has 1 saturated heterocycles. The Labute approximate surface area is 68.7 Å². The largest absolute Gasteiger partial charge is 0.303 e. The van der Waals surface area contributed by atoms with E-state index in [-0.39, 0.29) is 0 Å². The highest BCUT2D eigenvalue weighted by Crippen LogP contribution is 2.14. The van der Waals surface area contributed by atoms with Crippen molar-refractivity contribution in [2.75, 3.05) is 33.3 Å². The Balaban J connectivity index is 2.09. The number of hydrogen-bond acceptors (Lipinski definition) is 3. The van der Waals surface area contributed by atoms with Gasteiger partial charge in [0.05, 0.1) is 6.61 Å². The van der Waals surface area contributed by atoms with Crippen molar-refractivity contribution in [1.82, 2.24) is 10.4 Å². The molecule has 3 heteroatoms. The minimum atomic E-state index is 0.738. The lowest BCUT2D eigenvalue weighted by atomic mass is 10.1. The van der Waals surface area contributed by atoms with Gasteiger partial charge in [-0.3, -0.25) is 0 Å². The predicted molar refractivity (Wildman–Crippen MR) is 45.2 cm³/mol. The van der Waals surface area contributed by atoms with E-state index in [1.807, 2.05) is 7.05 Å². The van der Waals surface area contributed by atoms with Crippen molar-refractivity contribution in [3.05, 3.63) is 0 Å². The Bertz CT molecular complexity index is 108. The molecule has 1 aliphatic rings.